The fraction of sp³-hybridized carbons (Fsp3) is 0.261. The molecule has 0 spiro atoms. The lowest BCUT2D eigenvalue weighted by Gasteiger charge is -2.16. The molecule has 0 aliphatic rings. The minimum atomic E-state index is -0.316. The average Bonchev–Trinajstić information content (AvgIpc) is 3.08. The summed E-state index contributed by atoms with van der Waals surface area (Å²) in [5.74, 6) is 1.50. The van der Waals surface area contributed by atoms with Crippen molar-refractivity contribution in [3.63, 3.8) is 0 Å². The molecule has 1 atom stereocenters. The predicted octanol–water partition coefficient (Wildman–Crippen LogP) is 5.61. The fourth-order valence-electron chi connectivity index (χ4n) is 3.16. The molecule has 162 valence electrons. The monoisotopic (exact) mass is 456 g/mol. The van der Waals surface area contributed by atoms with E-state index in [0.29, 0.717) is 28.2 Å². The summed E-state index contributed by atoms with van der Waals surface area (Å²) >= 11 is 7.27. The van der Waals surface area contributed by atoms with Crippen LogP contribution in [0.25, 0.3) is 0 Å². The minimum Gasteiger partial charge on any atom is -0.483 e. The number of allylic oxidation sites excluding steroid dienone is 1. The fourth-order valence-corrected chi connectivity index (χ4v) is 4.10. The maximum Gasteiger partial charge on any atom is 0.234 e. The zero-order valence-electron chi connectivity index (χ0n) is 17.8. The van der Waals surface area contributed by atoms with Crippen molar-refractivity contribution in [3.05, 3.63) is 77.1 Å². The molecule has 0 aliphatic heterocycles. The van der Waals surface area contributed by atoms with Crippen LogP contribution in [0.2, 0.25) is 5.02 Å². The molecule has 31 heavy (non-hydrogen) atoms. The van der Waals surface area contributed by atoms with Crippen molar-refractivity contribution in [1.82, 2.24) is 14.8 Å². The molecule has 3 rings (SSSR count). The van der Waals surface area contributed by atoms with Gasteiger partial charge in [0.15, 0.2) is 17.1 Å². The van der Waals surface area contributed by atoms with Gasteiger partial charge < -0.3 is 10.1 Å². The second-order valence-electron chi connectivity index (χ2n) is 7.17. The van der Waals surface area contributed by atoms with Gasteiger partial charge in [0.1, 0.15) is 5.75 Å². The molecule has 0 aliphatic carbocycles. The minimum absolute atomic E-state index is 0.151. The van der Waals surface area contributed by atoms with Crippen LogP contribution in [0, 0.1) is 13.8 Å². The highest BCUT2D eigenvalue weighted by Crippen LogP contribution is 2.26. The molecule has 6 nitrogen and oxygen atoms in total. The Morgan fingerprint density at radius 3 is 2.68 bits per heavy atom. The Labute approximate surface area is 191 Å². The first kappa shape index (κ1) is 22.9. The first-order valence-corrected chi connectivity index (χ1v) is 11.2. The molecule has 8 heteroatoms. The summed E-state index contributed by atoms with van der Waals surface area (Å²) < 4.78 is 8.03. The summed E-state index contributed by atoms with van der Waals surface area (Å²) in [7, 11) is 0. The molecule has 0 saturated carbocycles. The largest absolute Gasteiger partial charge is 0.483 e. The van der Waals surface area contributed by atoms with Gasteiger partial charge in [0, 0.05) is 17.3 Å². The highest BCUT2D eigenvalue weighted by molar-refractivity contribution is 7.99. The summed E-state index contributed by atoms with van der Waals surface area (Å²) in [6.45, 7) is 10.3. The molecule has 3 aromatic rings. The van der Waals surface area contributed by atoms with Crippen LogP contribution >= 0.6 is 23.4 Å². The summed E-state index contributed by atoms with van der Waals surface area (Å²) in [4.78, 5) is 12.3. The number of hydrogen-bond acceptors (Lipinski definition) is 5. The number of nitrogens with zero attached hydrogens (tertiary/aromatic N) is 3. The third-order valence-corrected chi connectivity index (χ3v) is 5.57. The molecule has 0 fully saturated rings. The second-order valence-corrected chi connectivity index (χ2v) is 8.55. The Hall–Kier alpha value is -2.77. The van der Waals surface area contributed by atoms with Gasteiger partial charge in [-0.1, -0.05) is 41.6 Å². The lowest BCUT2D eigenvalue weighted by molar-refractivity contribution is -0.113. The van der Waals surface area contributed by atoms with Crippen molar-refractivity contribution in [3.8, 4) is 5.75 Å². The number of rotatable bonds is 9. The highest BCUT2D eigenvalue weighted by atomic mass is 35.5. The van der Waals surface area contributed by atoms with E-state index >= 15 is 0 Å². The average molecular weight is 457 g/mol. The lowest BCUT2D eigenvalue weighted by Crippen LogP contribution is -2.15. The number of aryl methyl sites for hydroxylation is 2. The van der Waals surface area contributed by atoms with E-state index < -0.39 is 0 Å². The van der Waals surface area contributed by atoms with Crippen LogP contribution in [0.15, 0.2) is 60.3 Å². The molecule has 1 amide bonds. The zero-order valence-corrected chi connectivity index (χ0v) is 19.3. The topological polar surface area (TPSA) is 69.0 Å². The van der Waals surface area contributed by atoms with Gasteiger partial charge in [-0.15, -0.1) is 16.8 Å². The zero-order chi connectivity index (χ0) is 22.4. The van der Waals surface area contributed by atoms with E-state index in [9.17, 15) is 4.79 Å². The molecule has 1 N–H and O–H groups in total. The number of anilines is 1. The van der Waals surface area contributed by atoms with Crippen LogP contribution in [0.3, 0.4) is 0 Å². The number of aromatic nitrogens is 3. The van der Waals surface area contributed by atoms with Gasteiger partial charge in [0.2, 0.25) is 5.91 Å². The van der Waals surface area contributed by atoms with Crippen molar-refractivity contribution in [2.24, 2.45) is 0 Å². The van der Waals surface area contributed by atoms with Crippen molar-refractivity contribution < 1.29 is 9.53 Å². The number of hydrogen-bond donors (Lipinski definition) is 1. The van der Waals surface area contributed by atoms with Crippen LogP contribution in [-0.2, 0) is 11.3 Å². The quantitative estimate of drug-likeness (QED) is 0.335. The Bertz CT molecular complexity index is 1060. The smallest absolute Gasteiger partial charge is 0.234 e. The van der Waals surface area contributed by atoms with Gasteiger partial charge in [0.05, 0.1) is 5.75 Å². The number of carbonyl (C=O) groups excluding carboxylic acids is 1. The van der Waals surface area contributed by atoms with Gasteiger partial charge in [-0.05, 0) is 62.2 Å². The molecule has 0 saturated heterocycles. The molecule has 1 heterocycles. The van der Waals surface area contributed by atoms with E-state index in [-0.39, 0.29) is 17.8 Å². The van der Waals surface area contributed by atoms with E-state index in [1.54, 1.807) is 30.3 Å². The Kier molecular flexibility index (Phi) is 7.76. The Morgan fingerprint density at radius 2 is 2.00 bits per heavy atom. The van der Waals surface area contributed by atoms with Crippen molar-refractivity contribution >= 4 is 35.0 Å². The third kappa shape index (κ3) is 6.35. The molecular formula is C23H25ClN4O2S. The van der Waals surface area contributed by atoms with Crippen LogP contribution in [0.1, 0.15) is 30.0 Å². The molecule has 0 bridgehead atoms. The predicted molar refractivity (Wildman–Crippen MR) is 126 cm³/mol. The normalized spacial score (nSPS) is 11.7. The summed E-state index contributed by atoms with van der Waals surface area (Å²) in [6.07, 6.45) is 1.45. The standard InChI is InChI=1S/C23H25ClN4O2S/c1-5-9-28-22(17(4)30-20-11-15(2)10-16(3)12-20)26-27-23(28)31-14-21(29)25-19-8-6-7-18(24)13-19/h5-8,10-13,17H,1,9,14H2,2-4H3,(H,25,29). The number of nitrogens with one attached hydrogen (secondary N) is 1. The number of ether oxygens (including phenoxy) is 1. The maximum absolute atomic E-state index is 12.3. The first-order valence-electron chi connectivity index (χ1n) is 9.83. The number of halogens is 1. The first-order chi connectivity index (χ1) is 14.9. The van der Waals surface area contributed by atoms with Crippen LogP contribution < -0.4 is 10.1 Å². The number of amides is 1. The van der Waals surface area contributed by atoms with Crippen molar-refractivity contribution in [2.75, 3.05) is 11.1 Å². The van der Waals surface area contributed by atoms with E-state index in [2.05, 4.69) is 28.2 Å². The van der Waals surface area contributed by atoms with E-state index in [0.717, 1.165) is 16.9 Å². The summed E-state index contributed by atoms with van der Waals surface area (Å²) in [6, 6.07) is 13.1. The van der Waals surface area contributed by atoms with Crippen molar-refractivity contribution in [2.45, 2.75) is 38.6 Å². The van der Waals surface area contributed by atoms with Gasteiger partial charge >= 0.3 is 0 Å². The van der Waals surface area contributed by atoms with E-state index in [1.807, 2.05) is 37.5 Å². The van der Waals surface area contributed by atoms with Crippen LogP contribution in [0.5, 0.6) is 5.75 Å². The number of benzene rings is 2. The number of thioether (sulfide) groups is 1. The second kappa shape index (κ2) is 10.5. The molecule has 2 aromatic carbocycles. The maximum atomic E-state index is 12.3. The number of carbonyl (C=O) groups is 1. The highest BCUT2D eigenvalue weighted by Gasteiger charge is 2.20. The Balaban J connectivity index is 1.69. The summed E-state index contributed by atoms with van der Waals surface area (Å²) in [5, 5.41) is 12.6. The molecule has 1 unspecified atom stereocenters. The van der Waals surface area contributed by atoms with Crippen molar-refractivity contribution in [1.29, 1.82) is 0 Å². The Morgan fingerprint density at radius 1 is 1.26 bits per heavy atom. The molecule has 1 aromatic heterocycles. The van der Waals surface area contributed by atoms with Crippen LogP contribution in [-0.4, -0.2) is 26.4 Å². The van der Waals surface area contributed by atoms with Gasteiger partial charge in [0.25, 0.3) is 0 Å². The SMILES string of the molecule is C=CCn1c(SCC(=O)Nc2cccc(Cl)c2)nnc1C(C)Oc1cc(C)cc(C)c1. The summed E-state index contributed by atoms with van der Waals surface area (Å²) in [5.41, 5.74) is 2.93. The van der Waals surface area contributed by atoms with Gasteiger partial charge in [-0.25, -0.2) is 0 Å². The molecular weight excluding hydrogens is 432 g/mol. The van der Waals surface area contributed by atoms with E-state index in [1.165, 1.54) is 11.8 Å². The lowest BCUT2D eigenvalue weighted by atomic mass is 10.1. The van der Waals surface area contributed by atoms with Crippen LogP contribution in [0.4, 0.5) is 5.69 Å². The van der Waals surface area contributed by atoms with Gasteiger partial charge in [-0.3, -0.25) is 9.36 Å². The van der Waals surface area contributed by atoms with E-state index in [4.69, 9.17) is 16.3 Å². The van der Waals surface area contributed by atoms with Gasteiger partial charge in [-0.2, -0.15) is 0 Å². The third-order valence-electron chi connectivity index (χ3n) is 4.37. The molecule has 0 radical (unpaired) electrons.